The maximum atomic E-state index is 12.1. The summed E-state index contributed by atoms with van der Waals surface area (Å²) in [5, 5.41) is 0. The average molecular weight is 291 g/mol. The molecule has 1 aliphatic rings. The Morgan fingerprint density at radius 2 is 1.79 bits per heavy atom. The molecule has 1 fully saturated rings. The van der Waals surface area contributed by atoms with Crippen molar-refractivity contribution in [3.8, 4) is 0 Å². The van der Waals surface area contributed by atoms with E-state index in [0.717, 1.165) is 18.4 Å². The molecule has 1 aliphatic carbocycles. The van der Waals surface area contributed by atoms with Gasteiger partial charge in [0.1, 0.15) is 0 Å². The number of alkyl halides is 3. The smallest absolute Gasteiger partial charge is 0.298 e. The van der Waals surface area contributed by atoms with E-state index >= 15 is 0 Å². The molecule has 6 heteroatoms. The monoisotopic (exact) mass is 291 g/mol. The molecule has 0 saturated heterocycles. The van der Waals surface area contributed by atoms with E-state index in [1.165, 1.54) is 25.0 Å². The summed E-state index contributed by atoms with van der Waals surface area (Å²) in [4.78, 5) is 5.68. The first kappa shape index (κ1) is 14.7. The SMILES string of the molecule is FC(F)(F)Sc1ccc(CNOC2CCCC2)cc1. The summed E-state index contributed by atoms with van der Waals surface area (Å²) in [6.45, 7) is 0.507. The molecule has 1 N–H and O–H groups in total. The predicted octanol–water partition coefficient (Wildman–Crippen LogP) is 4.26. The molecule has 0 atom stereocenters. The standard InChI is InChI=1S/C13H16F3NOS/c14-13(15,16)19-12-7-5-10(6-8-12)9-17-18-11-3-1-2-4-11/h5-8,11,17H,1-4,9H2. The van der Waals surface area contributed by atoms with E-state index in [-0.39, 0.29) is 22.8 Å². The number of thioether (sulfide) groups is 1. The molecular weight excluding hydrogens is 275 g/mol. The molecular formula is C13H16F3NOS. The van der Waals surface area contributed by atoms with Gasteiger partial charge in [0.15, 0.2) is 0 Å². The van der Waals surface area contributed by atoms with Gasteiger partial charge in [0.25, 0.3) is 0 Å². The molecule has 0 aliphatic heterocycles. The first-order valence-corrected chi connectivity index (χ1v) is 7.08. The molecule has 0 amide bonds. The van der Waals surface area contributed by atoms with Gasteiger partial charge in [-0.05, 0) is 42.3 Å². The van der Waals surface area contributed by atoms with Gasteiger partial charge < -0.3 is 0 Å². The van der Waals surface area contributed by atoms with Gasteiger partial charge >= 0.3 is 5.51 Å². The topological polar surface area (TPSA) is 21.3 Å². The van der Waals surface area contributed by atoms with E-state index < -0.39 is 5.51 Å². The van der Waals surface area contributed by atoms with Gasteiger partial charge in [-0.1, -0.05) is 25.0 Å². The van der Waals surface area contributed by atoms with Crippen LogP contribution in [0.2, 0.25) is 0 Å². The largest absolute Gasteiger partial charge is 0.446 e. The van der Waals surface area contributed by atoms with Crippen molar-refractivity contribution in [3.63, 3.8) is 0 Å². The Bertz CT molecular complexity index is 388. The summed E-state index contributed by atoms with van der Waals surface area (Å²) in [6, 6.07) is 6.31. The van der Waals surface area contributed by atoms with Crippen LogP contribution in [0.1, 0.15) is 31.2 Å². The molecule has 0 bridgehead atoms. The van der Waals surface area contributed by atoms with E-state index in [4.69, 9.17) is 4.84 Å². The normalized spacial score (nSPS) is 17.0. The molecule has 19 heavy (non-hydrogen) atoms. The minimum Gasteiger partial charge on any atom is -0.298 e. The van der Waals surface area contributed by atoms with E-state index in [2.05, 4.69) is 5.48 Å². The van der Waals surface area contributed by atoms with Gasteiger partial charge in [-0.15, -0.1) is 0 Å². The van der Waals surface area contributed by atoms with Crippen molar-refractivity contribution < 1.29 is 18.0 Å². The number of benzene rings is 1. The van der Waals surface area contributed by atoms with E-state index in [1.54, 1.807) is 12.1 Å². The number of nitrogens with one attached hydrogen (secondary N) is 1. The number of hydrogen-bond donors (Lipinski definition) is 1. The van der Waals surface area contributed by atoms with Crippen LogP contribution in [-0.2, 0) is 11.4 Å². The molecule has 1 aromatic carbocycles. The van der Waals surface area contributed by atoms with Gasteiger partial charge in [-0.2, -0.15) is 18.7 Å². The third kappa shape index (κ3) is 5.42. The van der Waals surface area contributed by atoms with Crippen LogP contribution in [0.3, 0.4) is 0 Å². The molecule has 0 unspecified atom stereocenters. The Balaban J connectivity index is 1.75. The fourth-order valence-corrected chi connectivity index (χ4v) is 2.60. The highest BCUT2D eigenvalue weighted by atomic mass is 32.2. The van der Waals surface area contributed by atoms with Crippen LogP contribution in [0.25, 0.3) is 0 Å². The first-order valence-electron chi connectivity index (χ1n) is 6.26. The Kier molecular flexibility index (Phi) is 5.13. The molecule has 1 aromatic rings. The summed E-state index contributed by atoms with van der Waals surface area (Å²) in [5.74, 6) is 0. The molecule has 0 heterocycles. The lowest BCUT2D eigenvalue weighted by Crippen LogP contribution is -2.21. The van der Waals surface area contributed by atoms with Crippen molar-refractivity contribution in [2.45, 2.75) is 48.7 Å². The second-order valence-electron chi connectivity index (χ2n) is 4.54. The van der Waals surface area contributed by atoms with Crippen LogP contribution in [-0.4, -0.2) is 11.6 Å². The quantitative estimate of drug-likeness (QED) is 0.647. The molecule has 2 nitrogen and oxygen atoms in total. The third-order valence-corrected chi connectivity index (χ3v) is 3.72. The number of hydrogen-bond acceptors (Lipinski definition) is 3. The van der Waals surface area contributed by atoms with Crippen molar-refractivity contribution >= 4 is 11.8 Å². The van der Waals surface area contributed by atoms with Crippen LogP contribution in [0, 0.1) is 0 Å². The molecule has 1 saturated carbocycles. The van der Waals surface area contributed by atoms with Crippen molar-refractivity contribution in [1.29, 1.82) is 0 Å². The highest BCUT2D eigenvalue weighted by molar-refractivity contribution is 8.00. The lowest BCUT2D eigenvalue weighted by atomic mass is 10.2. The Labute approximate surface area is 114 Å². The molecule has 106 valence electrons. The zero-order valence-electron chi connectivity index (χ0n) is 10.4. The summed E-state index contributed by atoms with van der Waals surface area (Å²) >= 11 is -0.0980. The van der Waals surface area contributed by atoms with Crippen LogP contribution >= 0.6 is 11.8 Å². The maximum absolute atomic E-state index is 12.1. The average Bonchev–Trinajstić information content (AvgIpc) is 2.82. The van der Waals surface area contributed by atoms with Crippen LogP contribution in [0.4, 0.5) is 13.2 Å². The molecule has 2 rings (SSSR count). The fourth-order valence-electron chi connectivity index (χ4n) is 2.06. The zero-order valence-corrected chi connectivity index (χ0v) is 11.2. The summed E-state index contributed by atoms with van der Waals surface area (Å²) in [5.41, 5.74) is -0.442. The summed E-state index contributed by atoms with van der Waals surface area (Å²) in [6.07, 6.45) is 4.84. The summed E-state index contributed by atoms with van der Waals surface area (Å²) < 4.78 is 36.4. The number of halogens is 3. The van der Waals surface area contributed by atoms with Gasteiger partial charge in [0.2, 0.25) is 0 Å². The van der Waals surface area contributed by atoms with Crippen LogP contribution in [0.15, 0.2) is 29.2 Å². The molecule has 0 spiro atoms. The summed E-state index contributed by atoms with van der Waals surface area (Å²) in [7, 11) is 0. The number of hydroxylamine groups is 1. The minimum atomic E-state index is -4.23. The van der Waals surface area contributed by atoms with Gasteiger partial charge in [0, 0.05) is 11.4 Å². The van der Waals surface area contributed by atoms with E-state index in [9.17, 15) is 13.2 Å². The zero-order chi connectivity index (χ0) is 13.7. The van der Waals surface area contributed by atoms with Crippen molar-refractivity contribution in [2.24, 2.45) is 0 Å². The lowest BCUT2D eigenvalue weighted by molar-refractivity contribution is -0.0328. The van der Waals surface area contributed by atoms with Crippen LogP contribution < -0.4 is 5.48 Å². The third-order valence-electron chi connectivity index (χ3n) is 2.99. The van der Waals surface area contributed by atoms with E-state index in [0.29, 0.717) is 6.54 Å². The van der Waals surface area contributed by atoms with Crippen molar-refractivity contribution in [1.82, 2.24) is 5.48 Å². The highest BCUT2D eigenvalue weighted by Gasteiger charge is 2.28. The second kappa shape index (κ2) is 6.63. The van der Waals surface area contributed by atoms with E-state index in [1.807, 2.05) is 0 Å². The Hall–Kier alpha value is -0.720. The van der Waals surface area contributed by atoms with Gasteiger partial charge in [0.05, 0.1) is 6.10 Å². The van der Waals surface area contributed by atoms with Crippen molar-refractivity contribution in [2.75, 3.05) is 0 Å². The number of rotatable bonds is 5. The fraction of sp³-hybridized carbons (Fsp3) is 0.538. The van der Waals surface area contributed by atoms with Gasteiger partial charge in [-0.25, -0.2) is 0 Å². The highest BCUT2D eigenvalue weighted by Crippen LogP contribution is 2.36. The molecule has 0 aromatic heterocycles. The second-order valence-corrected chi connectivity index (χ2v) is 5.68. The first-order chi connectivity index (χ1) is 9.03. The van der Waals surface area contributed by atoms with Crippen molar-refractivity contribution in [3.05, 3.63) is 29.8 Å². The lowest BCUT2D eigenvalue weighted by Gasteiger charge is -2.12. The maximum Gasteiger partial charge on any atom is 0.446 e. The van der Waals surface area contributed by atoms with Gasteiger partial charge in [-0.3, -0.25) is 4.84 Å². The Morgan fingerprint density at radius 1 is 1.16 bits per heavy atom. The Morgan fingerprint density at radius 3 is 2.37 bits per heavy atom. The van der Waals surface area contributed by atoms with Crippen LogP contribution in [0.5, 0.6) is 0 Å². The minimum absolute atomic E-state index is 0.0980. The predicted molar refractivity (Wildman–Crippen MR) is 68.5 cm³/mol. The molecule has 0 radical (unpaired) electrons.